The van der Waals surface area contributed by atoms with Gasteiger partial charge in [0.1, 0.15) is 5.52 Å². The highest BCUT2D eigenvalue weighted by Crippen LogP contribution is 2.39. The minimum absolute atomic E-state index is 0.261. The van der Waals surface area contributed by atoms with Gasteiger partial charge in [0.2, 0.25) is 11.1 Å². The first-order valence-corrected chi connectivity index (χ1v) is 10.7. The van der Waals surface area contributed by atoms with Crippen molar-refractivity contribution in [2.45, 2.75) is 23.4 Å². The predicted octanol–water partition coefficient (Wildman–Crippen LogP) is 3.31. The Kier molecular flexibility index (Phi) is 5.02. The van der Waals surface area contributed by atoms with E-state index in [0.29, 0.717) is 28.9 Å². The fraction of sp³-hybridized carbons (Fsp3) is 0.190. The van der Waals surface area contributed by atoms with Crippen molar-refractivity contribution in [1.29, 1.82) is 0 Å². The van der Waals surface area contributed by atoms with E-state index in [0.717, 1.165) is 16.1 Å². The van der Waals surface area contributed by atoms with E-state index in [1.54, 1.807) is 16.6 Å². The second-order valence-electron chi connectivity index (χ2n) is 7.54. The number of hydrogen-bond acceptors (Lipinski definition) is 7. The van der Waals surface area contributed by atoms with Gasteiger partial charge in [-0.05, 0) is 61.5 Å². The molecule has 5 rings (SSSR count). The number of nitrogens with zero attached hydrogens (tertiary/aromatic N) is 4. The molecule has 32 heavy (non-hydrogen) atoms. The van der Waals surface area contributed by atoms with Gasteiger partial charge in [-0.25, -0.2) is 9.50 Å². The summed E-state index contributed by atoms with van der Waals surface area (Å²) < 4.78 is 1.75. The van der Waals surface area contributed by atoms with Crippen LogP contribution in [0.1, 0.15) is 12.1 Å². The van der Waals surface area contributed by atoms with Gasteiger partial charge in [-0.2, -0.15) is 5.10 Å². The molecule has 11 heteroatoms. The van der Waals surface area contributed by atoms with E-state index in [9.17, 15) is 9.59 Å². The lowest BCUT2D eigenvalue weighted by atomic mass is 10.2. The lowest BCUT2D eigenvalue weighted by Gasteiger charge is -2.08. The lowest BCUT2D eigenvalue weighted by Crippen LogP contribution is -2.16. The van der Waals surface area contributed by atoms with E-state index in [1.807, 2.05) is 43.5 Å². The number of amides is 1. The highest BCUT2D eigenvalue weighted by molar-refractivity contribution is 7.99. The van der Waals surface area contributed by atoms with Crippen molar-refractivity contribution in [3.63, 3.8) is 0 Å². The number of carbonyl (C=O) groups excluding carboxylic acids is 1. The molecule has 0 radical (unpaired) electrons. The van der Waals surface area contributed by atoms with E-state index < -0.39 is 17.8 Å². The molecule has 0 aliphatic heterocycles. The second-order valence-corrected chi connectivity index (χ2v) is 8.59. The molecule has 1 fully saturated rings. The first-order valence-electron chi connectivity index (χ1n) is 9.92. The second kappa shape index (κ2) is 8.00. The molecule has 4 N–H and O–H groups in total. The number of aliphatic carboxylic acids is 1. The summed E-state index contributed by atoms with van der Waals surface area (Å²) in [5, 5.41) is 27.1. The van der Waals surface area contributed by atoms with E-state index in [1.165, 1.54) is 11.8 Å². The summed E-state index contributed by atoms with van der Waals surface area (Å²) in [4.78, 5) is 28.6. The molecule has 1 amide bonds. The molecule has 1 aromatic carbocycles. The summed E-state index contributed by atoms with van der Waals surface area (Å²) >= 11 is 1.38. The van der Waals surface area contributed by atoms with E-state index in [4.69, 9.17) is 5.11 Å². The minimum atomic E-state index is -0.923. The SMILES string of the molecule is Cc1cc(Nc2nc(Sc3ccc(NC(=O)C4CC4C(=O)O)cc3)nn3cccc23)n[nH]1. The van der Waals surface area contributed by atoms with Gasteiger partial charge in [-0.1, -0.05) is 0 Å². The van der Waals surface area contributed by atoms with Gasteiger partial charge in [0.25, 0.3) is 0 Å². The molecule has 2 atom stereocenters. The molecule has 3 heterocycles. The number of aromatic amines is 1. The maximum atomic E-state index is 12.1. The van der Waals surface area contributed by atoms with Gasteiger partial charge < -0.3 is 15.7 Å². The number of rotatable bonds is 7. The Hall–Kier alpha value is -3.86. The molecule has 162 valence electrons. The van der Waals surface area contributed by atoms with Crippen LogP contribution in [0.3, 0.4) is 0 Å². The van der Waals surface area contributed by atoms with Gasteiger partial charge in [-0.3, -0.25) is 14.7 Å². The number of hydrogen-bond donors (Lipinski definition) is 4. The largest absolute Gasteiger partial charge is 0.481 e. The van der Waals surface area contributed by atoms with Crippen molar-refractivity contribution in [1.82, 2.24) is 24.8 Å². The van der Waals surface area contributed by atoms with Crippen LogP contribution >= 0.6 is 11.8 Å². The van der Waals surface area contributed by atoms with Crippen molar-refractivity contribution in [2.75, 3.05) is 10.6 Å². The molecule has 1 aliphatic carbocycles. The topological polar surface area (TPSA) is 137 Å². The predicted molar refractivity (Wildman–Crippen MR) is 118 cm³/mol. The highest BCUT2D eigenvalue weighted by Gasteiger charge is 2.48. The summed E-state index contributed by atoms with van der Waals surface area (Å²) in [5.74, 6) is -0.899. The number of carboxylic acids is 1. The average molecular weight is 449 g/mol. The quantitative estimate of drug-likeness (QED) is 0.337. The Bertz CT molecular complexity index is 1310. The number of carbonyl (C=O) groups is 2. The third-order valence-electron chi connectivity index (χ3n) is 5.10. The zero-order valence-electron chi connectivity index (χ0n) is 16.9. The van der Waals surface area contributed by atoms with Crippen LogP contribution in [0.4, 0.5) is 17.3 Å². The van der Waals surface area contributed by atoms with Gasteiger partial charge in [-0.15, -0.1) is 5.10 Å². The Balaban J connectivity index is 1.30. The third kappa shape index (κ3) is 4.14. The Morgan fingerprint density at radius 1 is 1.22 bits per heavy atom. The van der Waals surface area contributed by atoms with Crippen molar-refractivity contribution in [3.8, 4) is 0 Å². The standard InChI is InChI=1S/C21H19N7O3S/c1-11-9-17(26-25-11)23-18-16-3-2-8-28(16)27-21(24-18)32-13-6-4-12(5-7-13)22-19(29)14-10-15(14)20(30)31/h2-9,14-15H,10H2,1H3,(H,22,29)(H,30,31)(H2,23,24,25,26,27). The third-order valence-corrected chi connectivity index (χ3v) is 5.96. The number of aromatic nitrogens is 5. The molecular weight excluding hydrogens is 430 g/mol. The first kappa shape index (κ1) is 20.1. The van der Waals surface area contributed by atoms with Crippen LogP contribution in [0.2, 0.25) is 0 Å². The highest BCUT2D eigenvalue weighted by atomic mass is 32.2. The molecule has 0 spiro atoms. The number of anilines is 3. The fourth-order valence-electron chi connectivity index (χ4n) is 3.36. The average Bonchev–Trinajstić information content (AvgIpc) is 3.27. The molecular formula is C21H19N7O3S. The first-order chi connectivity index (χ1) is 15.5. The normalized spacial score (nSPS) is 17.3. The number of aryl methyl sites for hydroxylation is 1. The van der Waals surface area contributed by atoms with Crippen molar-refractivity contribution in [2.24, 2.45) is 11.8 Å². The van der Waals surface area contributed by atoms with Crippen molar-refractivity contribution < 1.29 is 14.7 Å². The van der Waals surface area contributed by atoms with Crippen molar-refractivity contribution in [3.05, 3.63) is 54.4 Å². The lowest BCUT2D eigenvalue weighted by molar-refractivity contribution is -0.139. The van der Waals surface area contributed by atoms with E-state index in [2.05, 4.69) is 30.9 Å². The summed E-state index contributed by atoms with van der Waals surface area (Å²) in [6.07, 6.45) is 2.24. The number of nitrogens with one attached hydrogen (secondary N) is 3. The zero-order chi connectivity index (χ0) is 22.2. The van der Waals surface area contributed by atoms with Crippen LogP contribution in [-0.4, -0.2) is 41.8 Å². The van der Waals surface area contributed by atoms with Crippen LogP contribution < -0.4 is 10.6 Å². The van der Waals surface area contributed by atoms with Crippen molar-refractivity contribution >= 4 is 46.5 Å². The van der Waals surface area contributed by atoms with E-state index in [-0.39, 0.29) is 5.91 Å². The van der Waals surface area contributed by atoms with Gasteiger partial charge >= 0.3 is 5.97 Å². The van der Waals surface area contributed by atoms with Crippen LogP contribution in [-0.2, 0) is 9.59 Å². The van der Waals surface area contributed by atoms with Crippen LogP contribution in [0.25, 0.3) is 5.52 Å². The minimum Gasteiger partial charge on any atom is -0.481 e. The van der Waals surface area contributed by atoms with Crippen LogP contribution in [0, 0.1) is 18.8 Å². The number of carboxylic acid groups (broad SMARTS) is 1. The Morgan fingerprint density at radius 2 is 2.03 bits per heavy atom. The smallest absolute Gasteiger partial charge is 0.307 e. The molecule has 0 bridgehead atoms. The van der Waals surface area contributed by atoms with Gasteiger partial charge in [0, 0.05) is 28.5 Å². The monoisotopic (exact) mass is 449 g/mol. The van der Waals surface area contributed by atoms with Gasteiger partial charge in [0.15, 0.2) is 11.6 Å². The van der Waals surface area contributed by atoms with E-state index >= 15 is 0 Å². The summed E-state index contributed by atoms with van der Waals surface area (Å²) in [5.41, 5.74) is 2.39. The molecule has 0 saturated heterocycles. The summed E-state index contributed by atoms with van der Waals surface area (Å²) in [7, 11) is 0. The number of benzene rings is 1. The molecule has 10 nitrogen and oxygen atoms in total. The molecule has 4 aromatic rings. The molecule has 2 unspecified atom stereocenters. The van der Waals surface area contributed by atoms with Crippen LogP contribution in [0.15, 0.2) is 58.7 Å². The van der Waals surface area contributed by atoms with Gasteiger partial charge in [0.05, 0.1) is 11.8 Å². The fourth-order valence-corrected chi connectivity index (χ4v) is 4.11. The Labute approximate surface area is 186 Å². The molecule has 1 aliphatic rings. The summed E-state index contributed by atoms with van der Waals surface area (Å²) in [6, 6.07) is 13.0. The number of H-pyrrole nitrogens is 1. The summed E-state index contributed by atoms with van der Waals surface area (Å²) in [6.45, 7) is 1.92. The number of fused-ring (bicyclic) bond motifs is 1. The van der Waals surface area contributed by atoms with Crippen LogP contribution in [0.5, 0.6) is 0 Å². The maximum absolute atomic E-state index is 12.1. The Morgan fingerprint density at radius 3 is 2.72 bits per heavy atom. The molecule has 1 saturated carbocycles. The maximum Gasteiger partial charge on any atom is 0.307 e. The molecule has 3 aromatic heterocycles. The zero-order valence-corrected chi connectivity index (χ0v) is 17.8.